The van der Waals surface area contributed by atoms with Gasteiger partial charge in [-0.2, -0.15) is 0 Å². The minimum Gasteiger partial charge on any atom is -0.396 e. The van der Waals surface area contributed by atoms with Crippen molar-refractivity contribution in [1.82, 2.24) is 5.32 Å². The van der Waals surface area contributed by atoms with Crippen LogP contribution in [-0.2, 0) is 9.53 Å². The molecular weight excluding hydrogens is 206 g/mol. The lowest BCUT2D eigenvalue weighted by atomic mass is 10.00. The molecule has 0 saturated carbocycles. The van der Waals surface area contributed by atoms with Gasteiger partial charge in [-0.05, 0) is 39.5 Å². The number of hydrogen-bond donors (Lipinski definition) is 2. The molecule has 1 amide bonds. The minimum atomic E-state index is -0.333. The molecular formula is C12H23NO3. The van der Waals surface area contributed by atoms with Gasteiger partial charge in [0.2, 0.25) is 5.91 Å². The number of aliphatic hydroxyl groups is 1. The van der Waals surface area contributed by atoms with E-state index in [1.165, 1.54) is 0 Å². The van der Waals surface area contributed by atoms with Crippen LogP contribution in [0.2, 0.25) is 0 Å². The van der Waals surface area contributed by atoms with Crippen LogP contribution >= 0.6 is 0 Å². The van der Waals surface area contributed by atoms with Gasteiger partial charge in [-0.1, -0.05) is 0 Å². The van der Waals surface area contributed by atoms with E-state index in [2.05, 4.69) is 5.32 Å². The second kappa shape index (κ2) is 6.21. The van der Waals surface area contributed by atoms with Gasteiger partial charge in [0.25, 0.3) is 0 Å². The maximum absolute atomic E-state index is 11.7. The molecule has 2 N–H and O–H groups in total. The summed E-state index contributed by atoms with van der Waals surface area (Å²) in [5, 5.41) is 11.8. The molecule has 0 aromatic carbocycles. The van der Waals surface area contributed by atoms with Crippen LogP contribution in [0.3, 0.4) is 0 Å². The van der Waals surface area contributed by atoms with E-state index in [-0.39, 0.29) is 24.2 Å². The average Bonchev–Trinajstić information content (AvgIpc) is 2.17. The SMILES string of the molecule is CC(C)(CCO)NC(=O)CC1CCCCO1. The van der Waals surface area contributed by atoms with Crippen LogP contribution in [0, 0.1) is 0 Å². The Bertz CT molecular complexity index is 222. The normalized spacial score (nSPS) is 21.8. The Kier molecular flexibility index (Phi) is 5.22. The molecule has 16 heavy (non-hydrogen) atoms. The number of carbonyl (C=O) groups is 1. The van der Waals surface area contributed by atoms with Crippen molar-refractivity contribution in [2.45, 2.75) is 57.6 Å². The third-order valence-corrected chi connectivity index (χ3v) is 2.90. The summed E-state index contributed by atoms with van der Waals surface area (Å²) in [5.41, 5.74) is -0.333. The van der Waals surface area contributed by atoms with E-state index in [1.807, 2.05) is 13.8 Å². The van der Waals surface area contributed by atoms with Crippen molar-refractivity contribution in [3.8, 4) is 0 Å². The molecule has 0 bridgehead atoms. The minimum absolute atomic E-state index is 0.0188. The zero-order valence-corrected chi connectivity index (χ0v) is 10.3. The molecule has 1 saturated heterocycles. The Balaban J connectivity index is 2.28. The predicted octanol–water partition coefficient (Wildman–Crippen LogP) is 1.22. The molecule has 4 heteroatoms. The standard InChI is InChI=1S/C12H23NO3/c1-12(2,6-7-14)13-11(15)9-10-5-3-4-8-16-10/h10,14H,3-9H2,1-2H3,(H,13,15). The highest BCUT2D eigenvalue weighted by molar-refractivity contribution is 5.77. The van der Waals surface area contributed by atoms with Crippen LogP contribution < -0.4 is 5.32 Å². The van der Waals surface area contributed by atoms with Gasteiger partial charge in [0.1, 0.15) is 0 Å². The summed E-state index contributed by atoms with van der Waals surface area (Å²) in [6.45, 7) is 4.71. The lowest BCUT2D eigenvalue weighted by Crippen LogP contribution is -2.45. The van der Waals surface area contributed by atoms with E-state index in [0.717, 1.165) is 25.9 Å². The van der Waals surface area contributed by atoms with Gasteiger partial charge >= 0.3 is 0 Å². The average molecular weight is 229 g/mol. The first-order valence-electron chi connectivity index (χ1n) is 6.07. The molecule has 0 aromatic rings. The number of carbonyl (C=O) groups excluding carboxylic acids is 1. The number of amides is 1. The fourth-order valence-electron chi connectivity index (χ4n) is 1.95. The maximum atomic E-state index is 11.7. The highest BCUT2D eigenvalue weighted by Crippen LogP contribution is 2.16. The van der Waals surface area contributed by atoms with E-state index in [0.29, 0.717) is 12.8 Å². The van der Waals surface area contributed by atoms with Crippen molar-refractivity contribution >= 4 is 5.91 Å². The molecule has 94 valence electrons. The van der Waals surface area contributed by atoms with E-state index in [4.69, 9.17) is 9.84 Å². The van der Waals surface area contributed by atoms with Gasteiger partial charge in [-0.15, -0.1) is 0 Å². The van der Waals surface area contributed by atoms with Crippen LogP contribution in [0.25, 0.3) is 0 Å². The molecule has 1 fully saturated rings. The van der Waals surface area contributed by atoms with Crippen LogP contribution in [0.4, 0.5) is 0 Å². The fourth-order valence-corrected chi connectivity index (χ4v) is 1.95. The molecule has 0 aliphatic carbocycles. The monoisotopic (exact) mass is 229 g/mol. The molecule has 0 spiro atoms. The van der Waals surface area contributed by atoms with Gasteiger partial charge in [-0.3, -0.25) is 4.79 Å². The Labute approximate surface area is 97.4 Å². The number of aliphatic hydroxyl groups excluding tert-OH is 1. The first-order chi connectivity index (χ1) is 7.53. The number of rotatable bonds is 5. The van der Waals surface area contributed by atoms with Crippen LogP contribution in [-0.4, -0.2) is 35.9 Å². The number of ether oxygens (including phenoxy) is 1. The van der Waals surface area contributed by atoms with Crippen molar-refractivity contribution in [3.63, 3.8) is 0 Å². The molecule has 1 unspecified atom stereocenters. The van der Waals surface area contributed by atoms with Crippen molar-refractivity contribution in [2.75, 3.05) is 13.2 Å². The summed E-state index contributed by atoms with van der Waals surface area (Å²) in [6.07, 6.45) is 4.33. The van der Waals surface area contributed by atoms with Crippen molar-refractivity contribution in [1.29, 1.82) is 0 Å². The molecule has 1 atom stereocenters. The maximum Gasteiger partial charge on any atom is 0.223 e. The molecule has 1 heterocycles. The summed E-state index contributed by atoms with van der Waals surface area (Å²) < 4.78 is 5.51. The molecule has 1 aliphatic rings. The van der Waals surface area contributed by atoms with E-state index in [9.17, 15) is 4.79 Å². The highest BCUT2D eigenvalue weighted by Gasteiger charge is 2.23. The van der Waals surface area contributed by atoms with Crippen LogP contribution in [0.5, 0.6) is 0 Å². The molecule has 1 rings (SSSR count). The zero-order valence-electron chi connectivity index (χ0n) is 10.3. The lowest BCUT2D eigenvalue weighted by molar-refractivity contribution is -0.126. The summed E-state index contributed by atoms with van der Waals surface area (Å²) in [6, 6.07) is 0. The lowest BCUT2D eigenvalue weighted by Gasteiger charge is -2.27. The summed E-state index contributed by atoms with van der Waals surface area (Å²) in [7, 11) is 0. The Morgan fingerprint density at radius 2 is 2.25 bits per heavy atom. The summed E-state index contributed by atoms with van der Waals surface area (Å²) in [4.78, 5) is 11.7. The van der Waals surface area contributed by atoms with Crippen LogP contribution in [0.1, 0.15) is 46.0 Å². The van der Waals surface area contributed by atoms with Crippen molar-refractivity contribution in [3.05, 3.63) is 0 Å². The van der Waals surface area contributed by atoms with Gasteiger partial charge in [0.05, 0.1) is 12.5 Å². The van der Waals surface area contributed by atoms with E-state index in [1.54, 1.807) is 0 Å². The third kappa shape index (κ3) is 4.94. The quantitative estimate of drug-likeness (QED) is 0.745. The van der Waals surface area contributed by atoms with Gasteiger partial charge < -0.3 is 15.2 Å². The second-order valence-corrected chi connectivity index (χ2v) is 5.10. The smallest absolute Gasteiger partial charge is 0.223 e. The summed E-state index contributed by atoms with van der Waals surface area (Å²) >= 11 is 0. The number of nitrogens with one attached hydrogen (secondary N) is 1. The van der Waals surface area contributed by atoms with Gasteiger partial charge in [0, 0.05) is 18.8 Å². The first-order valence-corrected chi connectivity index (χ1v) is 6.07. The molecule has 0 aromatic heterocycles. The topological polar surface area (TPSA) is 58.6 Å². The summed E-state index contributed by atoms with van der Waals surface area (Å²) in [5.74, 6) is 0.0188. The Morgan fingerprint density at radius 1 is 1.50 bits per heavy atom. The number of hydrogen-bond acceptors (Lipinski definition) is 3. The third-order valence-electron chi connectivity index (χ3n) is 2.90. The van der Waals surface area contributed by atoms with Crippen LogP contribution in [0.15, 0.2) is 0 Å². The van der Waals surface area contributed by atoms with Crippen molar-refractivity contribution in [2.24, 2.45) is 0 Å². The van der Waals surface area contributed by atoms with Crippen molar-refractivity contribution < 1.29 is 14.6 Å². The molecule has 0 radical (unpaired) electrons. The Hall–Kier alpha value is -0.610. The Morgan fingerprint density at radius 3 is 2.81 bits per heavy atom. The van der Waals surface area contributed by atoms with E-state index < -0.39 is 0 Å². The largest absolute Gasteiger partial charge is 0.396 e. The fraction of sp³-hybridized carbons (Fsp3) is 0.917. The zero-order chi connectivity index (χ0) is 12.0. The second-order valence-electron chi connectivity index (χ2n) is 5.10. The van der Waals surface area contributed by atoms with E-state index >= 15 is 0 Å². The predicted molar refractivity (Wildman–Crippen MR) is 62.1 cm³/mol. The molecule has 1 aliphatic heterocycles. The highest BCUT2D eigenvalue weighted by atomic mass is 16.5. The first kappa shape index (κ1) is 13.5. The molecule has 4 nitrogen and oxygen atoms in total. The van der Waals surface area contributed by atoms with Gasteiger partial charge in [0.15, 0.2) is 0 Å². The van der Waals surface area contributed by atoms with Gasteiger partial charge in [-0.25, -0.2) is 0 Å².